The standard InChI is InChI=1S/C18H23N3O3/c1-20-18(24)14-8-5-13(6-9-14)7-10-17(23)21-11-3-2-4-15(21)12-16(19)22/h5-10,15H,2-4,11-12H2,1H3,(H2,19,22)(H,20,24)/b10-7-/t15-/m1/s1. The molecule has 1 saturated heterocycles. The molecule has 24 heavy (non-hydrogen) atoms. The maximum absolute atomic E-state index is 12.4. The number of nitrogens with one attached hydrogen (secondary N) is 1. The summed E-state index contributed by atoms with van der Waals surface area (Å²) in [6.45, 7) is 0.650. The van der Waals surface area contributed by atoms with Crippen molar-refractivity contribution in [2.24, 2.45) is 5.73 Å². The van der Waals surface area contributed by atoms with Crippen molar-refractivity contribution in [1.82, 2.24) is 10.2 Å². The fraction of sp³-hybridized carbons (Fsp3) is 0.389. The highest BCUT2D eigenvalue weighted by atomic mass is 16.2. The number of benzene rings is 1. The number of likely N-dealkylation sites (tertiary alicyclic amines) is 1. The number of rotatable bonds is 5. The molecule has 0 spiro atoms. The second kappa shape index (κ2) is 8.29. The molecule has 0 unspecified atom stereocenters. The first-order valence-corrected chi connectivity index (χ1v) is 8.10. The fourth-order valence-corrected chi connectivity index (χ4v) is 2.89. The Morgan fingerprint density at radius 1 is 1.25 bits per heavy atom. The van der Waals surface area contributed by atoms with Crippen molar-refractivity contribution in [3.8, 4) is 0 Å². The van der Waals surface area contributed by atoms with Gasteiger partial charge in [-0.15, -0.1) is 0 Å². The van der Waals surface area contributed by atoms with E-state index in [0.717, 1.165) is 24.8 Å². The number of primary amides is 1. The Morgan fingerprint density at radius 3 is 2.58 bits per heavy atom. The highest BCUT2D eigenvalue weighted by molar-refractivity contribution is 5.95. The molecule has 6 nitrogen and oxygen atoms in total. The van der Waals surface area contributed by atoms with Gasteiger partial charge in [-0.25, -0.2) is 0 Å². The predicted octanol–water partition coefficient (Wildman–Crippen LogP) is 1.32. The molecule has 0 saturated carbocycles. The Labute approximate surface area is 141 Å². The average molecular weight is 329 g/mol. The average Bonchev–Trinajstić information content (AvgIpc) is 2.59. The Hall–Kier alpha value is -2.63. The smallest absolute Gasteiger partial charge is 0.251 e. The van der Waals surface area contributed by atoms with Crippen LogP contribution >= 0.6 is 0 Å². The van der Waals surface area contributed by atoms with Gasteiger partial charge >= 0.3 is 0 Å². The summed E-state index contributed by atoms with van der Waals surface area (Å²) in [7, 11) is 1.58. The number of carbonyl (C=O) groups is 3. The Bertz CT molecular complexity index is 637. The number of hydrogen-bond acceptors (Lipinski definition) is 3. The van der Waals surface area contributed by atoms with E-state index in [1.54, 1.807) is 42.3 Å². The normalized spacial score (nSPS) is 17.7. The molecule has 1 aromatic carbocycles. The van der Waals surface area contributed by atoms with Crippen LogP contribution in [0.1, 0.15) is 41.6 Å². The van der Waals surface area contributed by atoms with E-state index < -0.39 is 0 Å². The third-order valence-electron chi connectivity index (χ3n) is 4.17. The molecule has 128 valence electrons. The van der Waals surface area contributed by atoms with E-state index in [0.29, 0.717) is 12.1 Å². The van der Waals surface area contributed by atoms with Crippen LogP contribution in [0.3, 0.4) is 0 Å². The minimum absolute atomic E-state index is 0.107. The highest BCUT2D eigenvalue weighted by Crippen LogP contribution is 2.20. The van der Waals surface area contributed by atoms with Crippen molar-refractivity contribution < 1.29 is 14.4 Å². The molecule has 2 rings (SSSR count). The predicted molar refractivity (Wildman–Crippen MR) is 92.0 cm³/mol. The molecule has 1 fully saturated rings. The zero-order chi connectivity index (χ0) is 17.5. The van der Waals surface area contributed by atoms with Gasteiger partial charge in [0.05, 0.1) is 0 Å². The van der Waals surface area contributed by atoms with Gasteiger partial charge in [-0.2, -0.15) is 0 Å². The van der Waals surface area contributed by atoms with Gasteiger partial charge in [0.1, 0.15) is 0 Å². The lowest BCUT2D eigenvalue weighted by Crippen LogP contribution is -2.44. The van der Waals surface area contributed by atoms with E-state index in [2.05, 4.69) is 5.32 Å². The second-order valence-corrected chi connectivity index (χ2v) is 5.89. The maximum atomic E-state index is 12.4. The first-order valence-electron chi connectivity index (χ1n) is 8.10. The molecule has 0 aromatic heterocycles. The summed E-state index contributed by atoms with van der Waals surface area (Å²) >= 11 is 0. The lowest BCUT2D eigenvalue weighted by Gasteiger charge is -2.34. The van der Waals surface area contributed by atoms with Crippen LogP contribution in [0.4, 0.5) is 0 Å². The Balaban J connectivity index is 2.02. The molecule has 0 aliphatic carbocycles. The zero-order valence-electron chi connectivity index (χ0n) is 13.8. The van der Waals surface area contributed by atoms with Crippen LogP contribution < -0.4 is 11.1 Å². The molecule has 3 N–H and O–H groups in total. The van der Waals surface area contributed by atoms with Crippen LogP contribution in [0.5, 0.6) is 0 Å². The summed E-state index contributed by atoms with van der Waals surface area (Å²) in [4.78, 5) is 36.8. The molecule has 1 aromatic rings. The number of piperidine rings is 1. The van der Waals surface area contributed by atoms with Gasteiger partial charge in [0, 0.05) is 37.7 Å². The number of amides is 3. The summed E-state index contributed by atoms with van der Waals surface area (Å²) in [5, 5.41) is 2.56. The van der Waals surface area contributed by atoms with Crippen LogP contribution in [0.15, 0.2) is 30.3 Å². The van der Waals surface area contributed by atoms with E-state index in [4.69, 9.17) is 5.73 Å². The molecule has 6 heteroatoms. The monoisotopic (exact) mass is 329 g/mol. The minimum atomic E-state index is -0.381. The van der Waals surface area contributed by atoms with Gasteiger partial charge in [-0.1, -0.05) is 12.1 Å². The number of nitrogens with zero attached hydrogens (tertiary/aromatic N) is 1. The third-order valence-corrected chi connectivity index (χ3v) is 4.17. The fourth-order valence-electron chi connectivity index (χ4n) is 2.89. The van der Waals surface area contributed by atoms with E-state index >= 15 is 0 Å². The quantitative estimate of drug-likeness (QED) is 0.798. The molecule has 3 amide bonds. The zero-order valence-corrected chi connectivity index (χ0v) is 13.8. The van der Waals surface area contributed by atoms with Crippen molar-refractivity contribution in [3.05, 3.63) is 41.5 Å². The Morgan fingerprint density at radius 2 is 1.96 bits per heavy atom. The van der Waals surface area contributed by atoms with Crippen molar-refractivity contribution in [3.63, 3.8) is 0 Å². The van der Waals surface area contributed by atoms with Crippen LogP contribution in [0.25, 0.3) is 6.08 Å². The van der Waals surface area contributed by atoms with Crippen molar-refractivity contribution >= 4 is 23.8 Å². The van der Waals surface area contributed by atoms with Crippen LogP contribution in [0.2, 0.25) is 0 Å². The molecular weight excluding hydrogens is 306 g/mol. The summed E-state index contributed by atoms with van der Waals surface area (Å²) in [6, 6.07) is 6.88. The molecule has 1 atom stereocenters. The van der Waals surface area contributed by atoms with Gasteiger partial charge < -0.3 is 16.0 Å². The molecular formula is C18H23N3O3. The summed E-state index contributed by atoms with van der Waals surface area (Å²) in [5.41, 5.74) is 6.67. The summed E-state index contributed by atoms with van der Waals surface area (Å²) < 4.78 is 0. The van der Waals surface area contributed by atoms with Gasteiger partial charge in [-0.05, 0) is 43.0 Å². The van der Waals surface area contributed by atoms with Crippen LogP contribution in [0, 0.1) is 0 Å². The van der Waals surface area contributed by atoms with Crippen molar-refractivity contribution in [1.29, 1.82) is 0 Å². The lowest BCUT2D eigenvalue weighted by atomic mass is 9.99. The van der Waals surface area contributed by atoms with E-state index in [-0.39, 0.29) is 30.2 Å². The highest BCUT2D eigenvalue weighted by Gasteiger charge is 2.26. The molecule has 0 radical (unpaired) electrons. The number of carbonyl (C=O) groups excluding carboxylic acids is 3. The molecule has 1 heterocycles. The van der Waals surface area contributed by atoms with E-state index in [9.17, 15) is 14.4 Å². The van der Waals surface area contributed by atoms with Crippen LogP contribution in [-0.2, 0) is 9.59 Å². The van der Waals surface area contributed by atoms with Gasteiger partial charge in [0.15, 0.2) is 0 Å². The lowest BCUT2D eigenvalue weighted by molar-refractivity contribution is -0.130. The summed E-state index contributed by atoms with van der Waals surface area (Å²) in [6.07, 6.45) is 6.19. The SMILES string of the molecule is CNC(=O)c1ccc(/C=C\C(=O)N2CCCC[C@@H]2CC(N)=O)cc1. The second-order valence-electron chi connectivity index (χ2n) is 5.89. The molecule has 1 aliphatic heterocycles. The first kappa shape index (κ1) is 17.7. The van der Waals surface area contributed by atoms with Gasteiger partial charge in [-0.3, -0.25) is 14.4 Å². The van der Waals surface area contributed by atoms with Gasteiger partial charge in [0.25, 0.3) is 5.91 Å². The first-order chi connectivity index (χ1) is 11.5. The number of nitrogens with two attached hydrogens (primary N) is 1. The van der Waals surface area contributed by atoms with E-state index in [1.165, 1.54) is 6.08 Å². The Kier molecular flexibility index (Phi) is 6.12. The van der Waals surface area contributed by atoms with Crippen LogP contribution in [-0.4, -0.2) is 42.3 Å². The molecule has 0 bridgehead atoms. The molecule has 1 aliphatic rings. The van der Waals surface area contributed by atoms with Crippen molar-refractivity contribution in [2.45, 2.75) is 31.7 Å². The third kappa shape index (κ3) is 4.68. The summed E-state index contributed by atoms with van der Waals surface area (Å²) in [5.74, 6) is -0.644. The van der Waals surface area contributed by atoms with E-state index in [1.807, 2.05) is 0 Å². The largest absolute Gasteiger partial charge is 0.370 e. The van der Waals surface area contributed by atoms with Gasteiger partial charge in [0.2, 0.25) is 11.8 Å². The van der Waals surface area contributed by atoms with Crippen molar-refractivity contribution in [2.75, 3.05) is 13.6 Å². The minimum Gasteiger partial charge on any atom is -0.370 e. The number of hydrogen-bond donors (Lipinski definition) is 2. The maximum Gasteiger partial charge on any atom is 0.251 e. The topological polar surface area (TPSA) is 92.5 Å².